The van der Waals surface area contributed by atoms with Gasteiger partial charge in [0.2, 0.25) is 5.91 Å². The van der Waals surface area contributed by atoms with Crippen LogP contribution in [0.5, 0.6) is 0 Å². The molecule has 0 unspecified atom stereocenters. The average molecular weight is 342 g/mol. The van der Waals surface area contributed by atoms with Crippen molar-refractivity contribution in [1.29, 1.82) is 0 Å². The van der Waals surface area contributed by atoms with Crippen molar-refractivity contribution in [3.8, 4) is 0 Å². The second-order valence-corrected chi connectivity index (χ2v) is 5.74. The molecule has 1 aromatic rings. The SMILES string of the molecule is C[C@@H]1C[C@H](N(C)CC(=O)Nc2ccc(Br)cn2)C(=O)O1. The molecule has 1 amide bonds. The van der Waals surface area contributed by atoms with E-state index in [1.54, 1.807) is 30.3 Å². The van der Waals surface area contributed by atoms with E-state index in [0.717, 1.165) is 4.47 Å². The molecule has 1 aromatic heterocycles. The van der Waals surface area contributed by atoms with Gasteiger partial charge < -0.3 is 10.1 Å². The van der Waals surface area contributed by atoms with Gasteiger partial charge in [-0.25, -0.2) is 4.98 Å². The van der Waals surface area contributed by atoms with E-state index >= 15 is 0 Å². The standard InChI is InChI=1S/C13H16BrN3O3/c1-8-5-10(13(19)20-8)17(2)7-12(18)16-11-4-3-9(14)6-15-11/h3-4,6,8,10H,5,7H2,1-2H3,(H,15,16,18)/t8-,10+/m1/s1. The van der Waals surface area contributed by atoms with Gasteiger partial charge >= 0.3 is 5.97 Å². The molecule has 0 aliphatic carbocycles. The zero-order chi connectivity index (χ0) is 14.7. The fourth-order valence-corrected chi connectivity index (χ4v) is 2.30. The summed E-state index contributed by atoms with van der Waals surface area (Å²) in [6.07, 6.45) is 2.13. The number of cyclic esters (lactones) is 1. The number of aromatic nitrogens is 1. The van der Waals surface area contributed by atoms with Gasteiger partial charge in [-0.1, -0.05) is 0 Å². The molecule has 6 nitrogen and oxygen atoms in total. The molecule has 1 fully saturated rings. The first-order valence-electron chi connectivity index (χ1n) is 6.28. The van der Waals surface area contributed by atoms with E-state index in [1.165, 1.54) is 0 Å². The number of nitrogens with one attached hydrogen (secondary N) is 1. The smallest absolute Gasteiger partial charge is 0.323 e. The maximum Gasteiger partial charge on any atom is 0.323 e. The Morgan fingerprint density at radius 2 is 2.35 bits per heavy atom. The van der Waals surface area contributed by atoms with Crippen molar-refractivity contribution in [2.75, 3.05) is 18.9 Å². The van der Waals surface area contributed by atoms with E-state index in [1.807, 2.05) is 6.92 Å². The molecule has 1 N–H and O–H groups in total. The van der Waals surface area contributed by atoms with Crippen molar-refractivity contribution in [2.45, 2.75) is 25.5 Å². The summed E-state index contributed by atoms with van der Waals surface area (Å²) in [5, 5.41) is 2.68. The Morgan fingerprint density at radius 1 is 1.60 bits per heavy atom. The molecule has 20 heavy (non-hydrogen) atoms. The Balaban J connectivity index is 1.88. The van der Waals surface area contributed by atoms with Crippen LogP contribution in [0.4, 0.5) is 5.82 Å². The second-order valence-electron chi connectivity index (χ2n) is 4.82. The third kappa shape index (κ3) is 3.77. The molecule has 1 aliphatic rings. The number of amides is 1. The van der Waals surface area contributed by atoms with Gasteiger partial charge in [-0.3, -0.25) is 14.5 Å². The summed E-state index contributed by atoms with van der Waals surface area (Å²) in [7, 11) is 1.73. The fourth-order valence-electron chi connectivity index (χ4n) is 2.06. The quantitative estimate of drug-likeness (QED) is 0.838. The van der Waals surface area contributed by atoms with Crippen LogP contribution in [0, 0.1) is 0 Å². The minimum Gasteiger partial charge on any atom is -0.461 e. The van der Waals surface area contributed by atoms with E-state index in [4.69, 9.17) is 4.74 Å². The van der Waals surface area contributed by atoms with Crippen LogP contribution in [-0.2, 0) is 14.3 Å². The van der Waals surface area contributed by atoms with Gasteiger partial charge in [0.05, 0.1) is 6.54 Å². The van der Waals surface area contributed by atoms with Crippen molar-refractivity contribution < 1.29 is 14.3 Å². The Labute approximate surface area is 125 Å². The van der Waals surface area contributed by atoms with Crippen LogP contribution in [0.3, 0.4) is 0 Å². The molecule has 2 rings (SSSR count). The minimum absolute atomic E-state index is 0.0915. The molecule has 108 valence electrons. The number of ether oxygens (including phenoxy) is 1. The number of esters is 1. The summed E-state index contributed by atoms with van der Waals surface area (Å²) in [6, 6.07) is 3.14. The van der Waals surface area contributed by atoms with Crippen LogP contribution < -0.4 is 5.32 Å². The van der Waals surface area contributed by atoms with Gasteiger partial charge in [-0.15, -0.1) is 0 Å². The number of nitrogens with zero attached hydrogens (tertiary/aromatic N) is 2. The Morgan fingerprint density at radius 3 is 2.90 bits per heavy atom. The number of carbonyl (C=O) groups is 2. The lowest BCUT2D eigenvalue weighted by molar-refractivity contribution is -0.144. The normalized spacial score (nSPS) is 21.9. The summed E-state index contributed by atoms with van der Waals surface area (Å²) in [5.41, 5.74) is 0. The third-order valence-electron chi connectivity index (χ3n) is 3.06. The van der Waals surface area contributed by atoms with Crippen LogP contribution in [0.2, 0.25) is 0 Å². The van der Waals surface area contributed by atoms with Gasteiger partial charge in [0.1, 0.15) is 18.0 Å². The topological polar surface area (TPSA) is 71.5 Å². The lowest BCUT2D eigenvalue weighted by atomic mass is 10.1. The van der Waals surface area contributed by atoms with Crippen LogP contribution in [0.1, 0.15) is 13.3 Å². The Hall–Kier alpha value is -1.47. The third-order valence-corrected chi connectivity index (χ3v) is 3.53. The number of rotatable bonds is 4. The molecule has 0 bridgehead atoms. The summed E-state index contributed by atoms with van der Waals surface area (Å²) in [6.45, 7) is 1.96. The molecule has 7 heteroatoms. The van der Waals surface area contributed by atoms with Crippen molar-refractivity contribution in [3.05, 3.63) is 22.8 Å². The van der Waals surface area contributed by atoms with Crippen molar-refractivity contribution in [1.82, 2.24) is 9.88 Å². The van der Waals surface area contributed by atoms with Gasteiger partial charge in [0, 0.05) is 17.1 Å². The van der Waals surface area contributed by atoms with Gasteiger partial charge in [-0.05, 0) is 42.0 Å². The molecule has 0 spiro atoms. The summed E-state index contributed by atoms with van der Waals surface area (Å²) in [5.74, 6) is -0.00166. The minimum atomic E-state index is -0.353. The molecule has 0 aromatic carbocycles. The molecule has 0 radical (unpaired) electrons. The zero-order valence-electron chi connectivity index (χ0n) is 11.3. The number of hydrogen-bond acceptors (Lipinski definition) is 5. The summed E-state index contributed by atoms with van der Waals surface area (Å²) in [4.78, 5) is 29.2. The first-order valence-corrected chi connectivity index (χ1v) is 7.07. The summed E-state index contributed by atoms with van der Waals surface area (Å²) >= 11 is 3.27. The van der Waals surface area contributed by atoms with Crippen molar-refractivity contribution >= 4 is 33.6 Å². The van der Waals surface area contributed by atoms with Crippen LogP contribution in [0.25, 0.3) is 0 Å². The highest BCUT2D eigenvalue weighted by Crippen LogP contribution is 2.18. The first-order chi connectivity index (χ1) is 9.45. The van der Waals surface area contributed by atoms with E-state index in [-0.39, 0.29) is 30.6 Å². The number of pyridine rings is 1. The van der Waals surface area contributed by atoms with E-state index in [0.29, 0.717) is 12.2 Å². The number of anilines is 1. The number of hydrogen-bond donors (Lipinski definition) is 1. The van der Waals surface area contributed by atoms with Crippen molar-refractivity contribution in [3.63, 3.8) is 0 Å². The second kappa shape index (κ2) is 6.32. The lowest BCUT2D eigenvalue weighted by Crippen LogP contribution is -2.40. The van der Waals surface area contributed by atoms with Crippen molar-refractivity contribution in [2.24, 2.45) is 0 Å². The zero-order valence-corrected chi connectivity index (χ0v) is 12.9. The van der Waals surface area contributed by atoms with Crippen LogP contribution >= 0.6 is 15.9 Å². The molecule has 0 saturated carbocycles. The highest BCUT2D eigenvalue weighted by molar-refractivity contribution is 9.10. The Kier molecular flexibility index (Phi) is 4.72. The molecule has 1 aliphatic heterocycles. The lowest BCUT2D eigenvalue weighted by Gasteiger charge is -2.20. The summed E-state index contributed by atoms with van der Waals surface area (Å²) < 4.78 is 5.92. The van der Waals surface area contributed by atoms with Gasteiger partial charge in [-0.2, -0.15) is 0 Å². The van der Waals surface area contributed by atoms with E-state index < -0.39 is 0 Å². The van der Waals surface area contributed by atoms with E-state index in [9.17, 15) is 9.59 Å². The molecular formula is C13H16BrN3O3. The Bertz CT molecular complexity index is 506. The highest BCUT2D eigenvalue weighted by Gasteiger charge is 2.35. The molecule has 1 saturated heterocycles. The van der Waals surface area contributed by atoms with Gasteiger partial charge in [0.25, 0.3) is 0 Å². The molecule has 2 heterocycles. The molecule has 2 atom stereocenters. The average Bonchev–Trinajstić information content (AvgIpc) is 2.71. The first kappa shape index (κ1) is 14.9. The predicted molar refractivity (Wildman–Crippen MR) is 77.2 cm³/mol. The highest BCUT2D eigenvalue weighted by atomic mass is 79.9. The van der Waals surface area contributed by atoms with E-state index in [2.05, 4.69) is 26.2 Å². The monoisotopic (exact) mass is 341 g/mol. The largest absolute Gasteiger partial charge is 0.461 e. The number of carbonyl (C=O) groups excluding carboxylic acids is 2. The van der Waals surface area contributed by atoms with Crippen LogP contribution in [0.15, 0.2) is 22.8 Å². The fraction of sp³-hybridized carbons (Fsp3) is 0.462. The number of halogens is 1. The number of likely N-dealkylation sites (N-methyl/N-ethyl adjacent to an activating group) is 1. The maximum atomic E-state index is 11.9. The molecular weight excluding hydrogens is 326 g/mol. The van der Waals surface area contributed by atoms with Gasteiger partial charge in [0.15, 0.2) is 0 Å². The van der Waals surface area contributed by atoms with Crippen LogP contribution in [-0.4, -0.2) is 47.5 Å². The predicted octanol–water partition coefficient (Wildman–Crippen LogP) is 1.42. The maximum absolute atomic E-state index is 11.9.